The molecule has 162 valence electrons. The van der Waals surface area contributed by atoms with Gasteiger partial charge in [-0.1, -0.05) is 32.0 Å². The average Bonchev–Trinajstić information content (AvgIpc) is 2.80. The molecule has 31 heavy (non-hydrogen) atoms. The number of hydrogen-bond acceptors (Lipinski definition) is 6. The van der Waals surface area contributed by atoms with Crippen molar-refractivity contribution in [3.63, 3.8) is 0 Å². The summed E-state index contributed by atoms with van der Waals surface area (Å²) in [7, 11) is 0. The highest BCUT2D eigenvalue weighted by Crippen LogP contribution is 2.26. The van der Waals surface area contributed by atoms with Crippen molar-refractivity contribution in [2.24, 2.45) is 5.10 Å². The number of hydrazone groups is 1. The first-order chi connectivity index (χ1) is 15.0. The van der Waals surface area contributed by atoms with Gasteiger partial charge >= 0.3 is 0 Å². The lowest BCUT2D eigenvalue weighted by molar-refractivity contribution is 0.0950. The maximum Gasteiger partial charge on any atom is 0.292 e. The maximum absolute atomic E-state index is 12.7. The summed E-state index contributed by atoms with van der Waals surface area (Å²) in [5.41, 5.74) is 3.57. The first-order valence-corrected chi connectivity index (χ1v) is 10.3. The van der Waals surface area contributed by atoms with Crippen molar-refractivity contribution in [3.05, 3.63) is 64.1 Å². The highest BCUT2D eigenvalue weighted by molar-refractivity contribution is 6.06. The average molecular weight is 422 g/mol. The van der Waals surface area contributed by atoms with Crippen molar-refractivity contribution in [2.75, 3.05) is 13.2 Å². The molecular formula is C23H26N4O4. The van der Waals surface area contributed by atoms with Gasteiger partial charge in [-0.3, -0.25) is 9.59 Å². The van der Waals surface area contributed by atoms with E-state index in [9.17, 15) is 9.59 Å². The Labute approximate surface area is 180 Å². The number of rotatable bonds is 9. The van der Waals surface area contributed by atoms with Gasteiger partial charge in [0.1, 0.15) is 11.5 Å². The monoisotopic (exact) mass is 422 g/mol. The smallest absolute Gasteiger partial charge is 0.292 e. The van der Waals surface area contributed by atoms with Gasteiger partial charge in [-0.25, -0.2) is 10.5 Å². The molecule has 8 heteroatoms. The molecule has 0 unspecified atom stereocenters. The van der Waals surface area contributed by atoms with E-state index in [-0.39, 0.29) is 11.3 Å². The van der Waals surface area contributed by atoms with Gasteiger partial charge in [0.15, 0.2) is 5.69 Å². The number of nitrogens with zero attached hydrogens (tertiary/aromatic N) is 2. The summed E-state index contributed by atoms with van der Waals surface area (Å²) < 4.78 is 11.6. The fraction of sp³-hybridized carbons (Fsp3) is 0.304. The Balaban J connectivity index is 1.85. The van der Waals surface area contributed by atoms with Crippen molar-refractivity contribution in [1.82, 2.24) is 15.6 Å². The predicted molar refractivity (Wildman–Crippen MR) is 120 cm³/mol. The van der Waals surface area contributed by atoms with Crippen LogP contribution in [0.2, 0.25) is 0 Å². The van der Waals surface area contributed by atoms with Gasteiger partial charge in [-0.2, -0.15) is 10.2 Å². The molecule has 2 aromatic carbocycles. The molecule has 8 nitrogen and oxygen atoms in total. The van der Waals surface area contributed by atoms with Crippen LogP contribution in [0.25, 0.3) is 10.8 Å². The summed E-state index contributed by atoms with van der Waals surface area (Å²) in [5.74, 6) is 0.835. The molecule has 0 aliphatic rings. The van der Waals surface area contributed by atoms with Crippen LogP contribution in [0.5, 0.6) is 11.5 Å². The maximum atomic E-state index is 12.7. The molecule has 0 aliphatic heterocycles. The molecule has 0 aliphatic carbocycles. The van der Waals surface area contributed by atoms with Crippen LogP contribution in [-0.2, 0) is 0 Å². The Morgan fingerprint density at radius 2 is 1.77 bits per heavy atom. The standard InChI is InChI=1S/C23H26N4O4/c1-4-12-30-16-10-11-17(20(14-16)31-13-5-2)15(3)24-27-23(29)21-18-8-6-7-9-19(18)22(28)26-25-21/h6-11,14H,4-5,12-13H2,1-3H3,(H,26,28)(H,27,29)/b24-15-. The zero-order valence-corrected chi connectivity index (χ0v) is 17.9. The quantitative estimate of drug-likeness (QED) is 0.404. The predicted octanol–water partition coefficient (Wildman–Crippen LogP) is 3.65. The second-order valence-corrected chi connectivity index (χ2v) is 6.94. The van der Waals surface area contributed by atoms with E-state index < -0.39 is 5.91 Å². The Morgan fingerprint density at radius 3 is 2.52 bits per heavy atom. The molecule has 0 atom stereocenters. The third kappa shape index (κ3) is 5.28. The summed E-state index contributed by atoms with van der Waals surface area (Å²) in [5, 5.41) is 11.3. The van der Waals surface area contributed by atoms with Crippen molar-refractivity contribution >= 4 is 22.4 Å². The Morgan fingerprint density at radius 1 is 1.06 bits per heavy atom. The Bertz CT molecular complexity index is 1150. The summed E-state index contributed by atoms with van der Waals surface area (Å²) in [6, 6.07) is 12.3. The Hall–Kier alpha value is -3.68. The van der Waals surface area contributed by atoms with E-state index in [0.717, 1.165) is 24.2 Å². The lowest BCUT2D eigenvalue weighted by Gasteiger charge is -2.13. The van der Waals surface area contributed by atoms with Gasteiger partial charge in [0.2, 0.25) is 0 Å². The number of carbonyl (C=O) groups excluding carboxylic acids is 1. The van der Waals surface area contributed by atoms with Crippen molar-refractivity contribution < 1.29 is 14.3 Å². The topological polar surface area (TPSA) is 106 Å². The fourth-order valence-electron chi connectivity index (χ4n) is 2.98. The Kier molecular flexibility index (Phi) is 7.37. The number of aromatic amines is 1. The van der Waals surface area contributed by atoms with E-state index in [1.54, 1.807) is 31.2 Å². The van der Waals surface area contributed by atoms with Gasteiger partial charge in [0.05, 0.1) is 24.3 Å². The van der Waals surface area contributed by atoms with Gasteiger partial charge in [-0.15, -0.1) is 0 Å². The lowest BCUT2D eigenvalue weighted by Crippen LogP contribution is -2.23. The van der Waals surface area contributed by atoms with Crippen molar-refractivity contribution in [1.29, 1.82) is 0 Å². The van der Waals surface area contributed by atoms with Crippen LogP contribution in [0.15, 0.2) is 52.4 Å². The van der Waals surface area contributed by atoms with Crippen LogP contribution in [0.4, 0.5) is 0 Å². The SMILES string of the molecule is CCCOc1ccc(/C(C)=N\NC(=O)c2n[nH]c(=O)c3ccccc23)c(OCCC)c1. The summed E-state index contributed by atoms with van der Waals surface area (Å²) in [4.78, 5) is 24.6. The molecular weight excluding hydrogens is 396 g/mol. The highest BCUT2D eigenvalue weighted by atomic mass is 16.5. The molecule has 0 bridgehead atoms. The molecule has 1 aromatic heterocycles. The number of ether oxygens (including phenoxy) is 2. The first-order valence-electron chi connectivity index (χ1n) is 10.3. The minimum absolute atomic E-state index is 0.0949. The second-order valence-electron chi connectivity index (χ2n) is 6.94. The third-order valence-electron chi connectivity index (χ3n) is 4.51. The number of carbonyl (C=O) groups is 1. The molecule has 0 radical (unpaired) electrons. The van der Waals surface area contributed by atoms with E-state index in [4.69, 9.17) is 9.47 Å². The molecule has 0 spiro atoms. The van der Waals surface area contributed by atoms with Crippen LogP contribution in [0.1, 0.15) is 49.7 Å². The van der Waals surface area contributed by atoms with Crippen LogP contribution in [-0.4, -0.2) is 35.0 Å². The minimum atomic E-state index is -0.522. The highest BCUT2D eigenvalue weighted by Gasteiger charge is 2.15. The molecule has 0 saturated heterocycles. The number of benzene rings is 2. The number of amides is 1. The molecule has 1 heterocycles. The molecule has 3 aromatic rings. The molecule has 1 amide bonds. The minimum Gasteiger partial charge on any atom is -0.493 e. The zero-order valence-electron chi connectivity index (χ0n) is 17.9. The molecule has 2 N–H and O–H groups in total. The number of hydrogen-bond donors (Lipinski definition) is 2. The van der Waals surface area contributed by atoms with Crippen LogP contribution in [0.3, 0.4) is 0 Å². The van der Waals surface area contributed by atoms with E-state index in [1.807, 2.05) is 32.0 Å². The van der Waals surface area contributed by atoms with Gasteiger partial charge in [0.25, 0.3) is 11.5 Å². The molecule has 3 rings (SSSR count). The van der Waals surface area contributed by atoms with Gasteiger partial charge < -0.3 is 9.47 Å². The summed E-state index contributed by atoms with van der Waals surface area (Å²) >= 11 is 0. The van der Waals surface area contributed by atoms with E-state index in [1.165, 1.54) is 0 Å². The largest absolute Gasteiger partial charge is 0.493 e. The van der Waals surface area contributed by atoms with E-state index in [0.29, 0.717) is 35.4 Å². The summed E-state index contributed by atoms with van der Waals surface area (Å²) in [6.45, 7) is 7.02. The normalized spacial score (nSPS) is 11.4. The molecule has 0 fully saturated rings. The van der Waals surface area contributed by atoms with Crippen LogP contribution in [0, 0.1) is 0 Å². The first kappa shape index (κ1) is 22.0. The fourth-order valence-corrected chi connectivity index (χ4v) is 2.98. The van der Waals surface area contributed by atoms with E-state index in [2.05, 4.69) is 20.7 Å². The van der Waals surface area contributed by atoms with E-state index >= 15 is 0 Å². The number of aromatic nitrogens is 2. The van der Waals surface area contributed by atoms with Gasteiger partial charge in [-0.05, 0) is 38.0 Å². The third-order valence-corrected chi connectivity index (χ3v) is 4.51. The second kappa shape index (κ2) is 10.4. The number of nitrogens with one attached hydrogen (secondary N) is 2. The lowest BCUT2D eigenvalue weighted by atomic mass is 10.1. The van der Waals surface area contributed by atoms with Crippen LogP contribution < -0.4 is 20.5 Å². The molecule has 0 saturated carbocycles. The van der Waals surface area contributed by atoms with Crippen molar-refractivity contribution in [2.45, 2.75) is 33.6 Å². The number of fused-ring (bicyclic) bond motifs is 1. The zero-order chi connectivity index (χ0) is 22.2. The number of H-pyrrole nitrogens is 1. The summed E-state index contributed by atoms with van der Waals surface area (Å²) in [6.07, 6.45) is 1.77. The van der Waals surface area contributed by atoms with Crippen molar-refractivity contribution in [3.8, 4) is 11.5 Å². The van der Waals surface area contributed by atoms with Gasteiger partial charge in [0, 0.05) is 17.0 Å². The van der Waals surface area contributed by atoms with Crippen LogP contribution >= 0.6 is 0 Å².